The summed E-state index contributed by atoms with van der Waals surface area (Å²) < 4.78 is 73.0. The zero-order chi connectivity index (χ0) is 22.6. The van der Waals surface area contributed by atoms with E-state index < -0.39 is 36.4 Å². The van der Waals surface area contributed by atoms with Crippen molar-refractivity contribution in [3.8, 4) is 0 Å². The van der Waals surface area contributed by atoms with Gasteiger partial charge in [-0.2, -0.15) is 13.2 Å². The highest BCUT2D eigenvalue weighted by molar-refractivity contribution is 5.82. The summed E-state index contributed by atoms with van der Waals surface area (Å²) in [5, 5.41) is 6.94. The first kappa shape index (κ1) is 21.2. The topological polar surface area (TPSA) is 32.2 Å². The molecule has 0 radical (unpaired) electrons. The van der Waals surface area contributed by atoms with Gasteiger partial charge in [-0.3, -0.25) is 4.90 Å². The number of anilines is 1. The molecule has 2 aliphatic heterocycles. The van der Waals surface area contributed by atoms with Crippen LogP contribution in [0.25, 0.3) is 10.9 Å². The predicted octanol–water partition coefficient (Wildman–Crippen LogP) is 4.66. The molecule has 0 spiro atoms. The lowest BCUT2D eigenvalue weighted by atomic mass is 9.95. The van der Waals surface area contributed by atoms with Crippen LogP contribution >= 0.6 is 0 Å². The Labute approximate surface area is 182 Å². The maximum Gasteiger partial charge on any atom is 0.401 e. The van der Waals surface area contributed by atoms with Crippen LogP contribution in [0.2, 0.25) is 0 Å². The second-order valence-corrected chi connectivity index (χ2v) is 8.63. The van der Waals surface area contributed by atoms with Crippen molar-refractivity contribution >= 4 is 16.6 Å². The van der Waals surface area contributed by atoms with Gasteiger partial charge in [-0.1, -0.05) is 18.2 Å². The molecule has 1 aromatic heterocycles. The minimum Gasteiger partial charge on any atom is -0.380 e. The largest absolute Gasteiger partial charge is 0.401 e. The second kappa shape index (κ2) is 7.74. The van der Waals surface area contributed by atoms with Crippen molar-refractivity contribution in [1.82, 2.24) is 14.8 Å². The summed E-state index contributed by atoms with van der Waals surface area (Å²) in [4.78, 5) is 1.15. The maximum atomic E-state index is 15.3. The highest BCUT2D eigenvalue weighted by Crippen LogP contribution is 2.42. The standard InChI is InChI=1S/C23H23F5N4/c1-13-11-31-19-5-3-2-4-14(19)6-20(31)22(32(13)12-23(26,27)28)21-17(24)7-15(8-18(21)25)30-16-9-29-10-16/h2-8,13,16,22,29-30H,9-12H2,1H3/t13-,22+/m1/s1. The van der Waals surface area contributed by atoms with Gasteiger partial charge in [0, 0.05) is 48.1 Å². The molecule has 2 N–H and O–H groups in total. The van der Waals surface area contributed by atoms with E-state index in [1.807, 2.05) is 28.8 Å². The van der Waals surface area contributed by atoms with Crippen molar-refractivity contribution in [1.29, 1.82) is 0 Å². The number of nitrogens with one attached hydrogen (secondary N) is 2. The molecule has 2 aliphatic rings. The normalized spacial score (nSPS) is 22.1. The Kier molecular flexibility index (Phi) is 5.13. The van der Waals surface area contributed by atoms with E-state index >= 15 is 8.78 Å². The molecule has 0 bridgehead atoms. The lowest BCUT2D eigenvalue weighted by Crippen LogP contribution is -2.51. The minimum atomic E-state index is -4.51. The molecule has 4 nitrogen and oxygen atoms in total. The van der Waals surface area contributed by atoms with Crippen LogP contribution in [0.3, 0.4) is 0 Å². The summed E-state index contributed by atoms with van der Waals surface area (Å²) in [6.07, 6.45) is -4.51. The fourth-order valence-electron chi connectivity index (χ4n) is 4.78. The maximum absolute atomic E-state index is 15.3. The van der Waals surface area contributed by atoms with Gasteiger partial charge in [0.1, 0.15) is 11.6 Å². The van der Waals surface area contributed by atoms with Crippen LogP contribution in [-0.4, -0.2) is 47.4 Å². The summed E-state index contributed by atoms with van der Waals surface area (Å²) >= 11 is 0. The summed E-state index contributed by atoms with van der Waals surface area (Å²) in [6.45, 7) is 2.07. The fraction of sp³-hybridized carbons (Fsp3) is 0.391. The summed E-state index contributed by atoms with van der Waals surface area (Å²) in [6, 6.07) is 9.76. The van der Waals surface area contributed by atoms with E-state index in [0.717, 1.165) is 15.8 Å². The molecule has 0 aliphatic carbocycles. The number of hydrogen-bond acceptors (Lipinski definition) is 3. The summed E-state index contributed by atoms with van der Waals surface area (Å²) in [5.41, 5.74) is 1.21. The number of para-hydroxylation sites is 1. The zero-order valence-electron chi connectivity index (χ0n) is 17.4. The molecule has 3 heterocycles. The highest BCUT2D eigenvalue weighted by atomic mass is 19.4. The number of halogens is 5. The van der Waals surface area contributed by atoms with Gasteiger partial charge in [-0.05, 0) is 36.6 Å². The van der Waals surface area contributed by atoms with E-state index in [-0.39, 0.29) is 17.3 Å². The van der Waals surface area contributed by atoms with Gasteiger partial charge in [0.2, 0.25) is 0 Å². The molecule has 5 rings (SSSR count). The average molecular weight is 450 g/mol. The Morgan fingerprint density at radius 1 is 1.06 bits per heavy atom. The number of aromatic nitrogens is 1. The molecule has 170 valence electrons. The quantitative estimate of drug-likeness (QED) is 0.568. The zero-order valence-corrected chi connectivity index (χ0v) is 17.4. The van der Waals surface area contributed by atoms with Crippen LogP contribution < -0.4 is 10.6 Å². The van der Waals surface area contributed by atoms with Crippen LogP contribution in [0.4, 0.5) is 27.6 Å². The van der Waals surface area contributed by atoms with E-state index in [1.54, 1.807) is 13.0 Å². The lowest BCUT2D eigenvalue weighted by molar-refractivity contribution is -0.157. The monoisotopic (exact) mass is 450 g/mol. The molecule has 0 amide bonds. The molecule has 32 heavy (non-hydrogen) atoms. The second-order valence-electron chi connectivity index (χ2n) is 8.63. The Morgan fingerprint density at radius 3 is 2.38 bits per heavy atom. The number of rotatable bonds is 4. The van der Waals surface area contributed by atoms with Crippen molar-refractivity contribution < 1.29 is 22.0 Å². The molecule has 0 unspecified atom stereocenters. The van der Waals surface area contributed by atoms with Crippen LogP contribution in [0.15, 0.2) is 42.5 Å². The molecular formula is C23H23F5N4. The first-order chi connectivity index (χ1) is 15.2. The number of alkyl halides is 3. The SMILES string of the molecule is C[C@@H]1Cn2c(cc3ccccc32)[C@@H](c2c(F)cc(NC3CNC3)cc2F)N1CC(F)(F)F. The smallest absolute Gasteiger partial charge is 0.380 e. The van der Waals surface area contributed by atoms with Gasteiger partial charge in [0.05, 0.1) is 18.6 Å². The third-order valence-corrected chi connectivity index (χ3v) is 6.33. The van der Waals surface area contributed by atoms with E-state index in [0.29, 0.717) is 25.3 Å². The Balaban J connectivity index is 1.65. The van der Waals surface area contributed by atoms with Crippen LogP contribution in [0.1, 0.15) is 24.2 Å². The predicted molar refractivity (Wildman–Crippen MR) is 113 cm³/mol. The Bertz CT molecular complexity index is 1130. The van der Waals surface area contributed by atoms with Crippen LogP contribution in [0, 0.1) is 11.6 Å². The van der Waals surface area contributed by atoms with E-state index in [1.165, 1.54) is 12.1 Å². The first-order valence-electron chi connectivity index (χ1n) is 10.6. The van der Waals surface area contributed by atoms with Crippen LogP contribution in [-0.2, 0) is 6.54 Å². The highest BCUT2D eigenvalue weighted by Gasteiger charge is 2.43. The van der Waals surface area contributed by atoms with Crippen LogP contribution in [0.5, 0.6) is 0 Å². The van der Waals surface area contributed by atoms with Crippen molar-refractivity contribution in [3.05, 3.63) is 65.4 Å². The van der Waals surface area contributed by atoms with Gasteiger partial charge in [0.25, 0.3) is 0 Å². The molecule has 2 aromatic carbocycles. The number of nitrogens with zero attached hydrogens (tertiary/aromatic N) is 2. The number of benzene rings is 2. The van der Waals surface area contributed by atoms with E-state index in [4.69, 9.17) is 0 Å². The Morgan fingerprint density at radius 2 is 1.75 bits per heavy atom. The van der Waals surface area contributed by atoms with E-state index in [9.17, 15) is 13.2 Å². The van der Waals surface area contributed by atoms with Crippen molar-refractivity contribution in [2.24, 2.45) is 0 Å². The number of hydrogen-bond donors (Lipinski definition) is 2. The van der Waals surface area contributed by atoms with Gasteiger partial charge in [-0.15, -0.1) is 0 Å². The van der Waals surface area contributed by atoms with Crippen molar-refractivity contribution in [2.75, 3.05) is 25.0 Å². The first-order valence-corrected chi connectivity index (χ1v) is 10.6. The van der Waals surface area contributed by atoms with Gasteiger partial charge >= 0.3 is 6.18 Å². The minimum absolute atomic E-state index is 0.0682. The fourth-order valence-corrected chi connectivity index (χ4v) is 4.78. The average Bonchev–Trinajstić information content (AvgIpc) is 3.04. The van der Waals surface area contributed by atoms with Gasteiger partial charge in [0.15, 0.2) is 0 Å². The molecule has 0 saturated carbocycles. The molecule has 9 heteroatoms. The molecule has 1 saturated heterocycles. The third kappa shape index (κ3) is 3.73. The van der Waals surface area contributed by atoms with Crippen molar-refractivity contribution in [2.45, 2.75) is 37.8 Å². The molecule has 1 fully saturated rings. The summed E-state index contributed by atoms with van der Waals surface area (Å²) in [7, 11) is 0. The third-order valence-electron chi connectivity index (χ3n) is 6.33. The molecule has 3 aromatic rings. The lowest BCUT2D eigenvalue weighted by Gasteiger charge is -2.42. The van der Waals surface area contributed by atoms with Crippen molar-refractivity contribution in [3.63, 3.8) is 0 Å². The van der Waals surface area contributed by atoms with Gasteiger partial charge in [-0.25, -0.2) is 8.78 Å². The summed E-state index contributed by atoms with van der Waals surface area (Å²) in [5.74, 6) is -1.72. The van der Waals surface area contributed by atoms with Gasteiger partial charge < -0.3 is 15.2 Å². The van der Waals surface area contributed by atoms with E-state index in [2.05, 4.69) is 10.6 Å². The Hall–Kier alpha value is -2.65. The number of fused-ring (bicyclic) bond motifs is 3. The molecular weight excluding hydrogens is 427 g/mol. The molecule has 2 atom stereocenters.